The van der Waals surface area contributed by atoms with E-state index in [9.17, 15) is 14.4 Å². The lowest BCUT2D eigenvalue weighted by atomic mass is 9.72. The summed E-state index contributed by atoms with van der Waals surface area (Å²) in [6.07, 6.45) is 8.16. The van der Waals surface area contributed by atoms with Gasteiger partial charge in [0.15, 0.2) is 0 Å². The fourth-order valence-corrected chi connectivity index (χ4v) is 5.37. The molecule has 0 atom stereocenters. The number of nitrogens with zero attached hydrogens (tertiary/aromatic N) is 1. The molecule has 32 heavy (non-hydrogen) atoms. The first kappa shape index (κ1) is 26.3. The zero-order valence-corrected chi connectivity index (χ0v) is 20.2. The van der Waals surface area contributed by atoms with Gasteiger partial charge in [-0.2, -0.15) is 0 Å². The van der Waals surface area contributed by atoms with Crippen molar-refractivity contribution in [1.29, 1.82) is 0 Å². The Hall–Kier alpha value is -1.94. The van der Waals surface area contributed by atoms with Crippen LogP contribution in [0.15, 0.2) is 24.5 Å². The molecule has 1 aliphatic carbocycles. The molecule has 1 aromatic rings. The molecule has 8 nitrogen and oxygen atoms in total. The lowest BCUT2D eigenvalue weighted by Crippen LogP contribution is -2.41. The Balaban J connectivity index is 1.54. The Morgan fingerprint density at radius 3 is 2.59 bits per heavy atom. The monoisotopic (exact) mass is 483 g/mol. The van der Waals surface area contributed by atoms with Crippen LogP contribution in [0.2, 0.25) is 0 Å². The Bertz CT molecular complexity index is 715. The highest BCUT2D eigenvalue weighted by Crippen LogP contribution is 2.39. The summed E-state index contributed by atoms with van der Waals surface area (Å²) < 4.78 is 10.4. The lowest BCUT2D eigenvalue weighted by Gasteiger charge is -2.36. The summed E-state index contributed by atoms with van der Waals surface area (Å²) in [5.74, 6) is 1.07. The smallest absolute Gasteiger partial charge is 0.407 e. The van der Waals surface area contributed by atoms with Crippen LogP contribution in [-0.2, 0) is 14.3 Å². The fourth-order valence-electron chi connectivity index (χ4n) is 3.64. The van der Waals surface area contributed by atoms with E-state index in [1.165, 1.54) is 6.20 Å². The number of rotatable bonds is 13. The zero-order valence-electron chi connectivity index (χ0n) is 18.6. The summed E-state index contributed by atoms with van der Waals surface area (Å²) >= 11 is 0. The van der Waals surface area contributed by atoms with Gasteiger partial charge in [-0.1, -0.05) is 40.9 Å². The first-order chi connectivity index (χ1) is 15.5. The highest BCUT2D eigenvalue weighted by atomic mass is 33.1. The topological polar surface area (TPSA) is 107 Å². The van der Waals surface area contributed by atoms with Crippen molar-refractivity contribution in [2.24, 2.45) is 5.41 Å². The molecule has 1 heterocycles. The van der Waals surface area contributed by atoms with Crippen molar-refractivity contribution in [3.63, 3.8) is 0 Å². The number of carbonyl (C=O) groups excluding carboxylic acids is 3. The number of amides is 2. The number of alkyl carbamates (subject to hydrolysis) is 1. The number of aromatic nitrogens is 1. The summed E-state index contributed by atoms with van der Waals surface area (Å²) in [4.78, 5) is 39.9. The molecule has 2 amide bonds. The minimum absolute atomic E-state index is 0.137. The van der Waals surface area contributed by atoms with Crippen molar-refractivity contribution in [3.05, 3.63) is 30.1 Å². The highest BCUT2D eigenvalue weighted by Gasteiger charge is 2.35. The number of hydrogen-bond donors (Lipinski definition) is 2. The number of hydrogen-bond acceptors (Lipinski definition) is 8. The summed E-state index contributed by atoms with van der Waals surface area (Å²) in [5.41, 5.74) is 0.316. The molecule has 0 radical (unpaired) electrons. The van der Waals surface area contributed by atoms with E-state index in [1.54, 1.807) is 46.8 Å². The average molecular weight is 484 g/mol. The maximum absolute atomic E-state index is 12.1. The summed E-state index contributed by atoms with van der Waals surface area (Å²) in [6.45, 7) is 3.46. The molecule has 1 aromatic heterocycles. The number of nitrogens with one attached hydrogen (secondary N) is 2. The van der Waals surface area contributed by atoms with Crippen molar-refractivity contribution in [1.82, 2.24) is 15.6 Å². The molecule has 0 saturated heterocycles. The molecule has 1 aliphatic rings. The van der Waals surface area contributed by atoms with Crippen LogP contribution in [0.3, 0.4) is 0 Å². The summed E-state index contributed by atoms with van der Waals surface area (Å²) in [7, 11) is 3.20. The van der Waals surface area contributed by atoms with Crippen LogP contribution < -0.4 is 10.6 Å². The van der Waals surface area contributed by atoms with Gasteiger partial charge >= 0.3 is 12.1 Å². The Kier molecular flexibility index (Phi) is 12.3. The third-order valence-electron chi connectivity index (χ3n) is 5.22. The van der Waals surface area contributed by atoms with Gasteiger partial charge in [0.2, 0.25) is 0 Å². The third-order valence-corrected chi connectivity index (χ3v) is 7.60. The Morgan fingerprint density at radius 2 is 1.88 bits per heavy atom. The quantitative estimate of drug-likeness (QED) is 0.248. The Morgan fingerprint density at radius 1 is 1.09 bits per heavy atom. The van der Waals surface area contributed by atoms with E-state index in [0.717, 1.165) is 37.9 Å². The fraction of sp³-hybridized carbons (Fsp3) is 0.636. The molecule has 0 aliphatic heterocycles. The highest BCUT2D eigenvalue weighted by molar-refractivity contribution is 8.76. The van der Waals surface area contributed by atoms with Crippen LogP contribution in [0.1, 0.15) is 55.8 Å². The van der Waals surface area contributed by atoms with Crippen LogP contribution in [0.25, 0.3) is 0 Å². The second kappa shape index (κ2) is 15.0. The number of esters is 1. The molecule has 0 aromatic carbocycles. The molecule has 0 spiro atoms. The molecule has 10 heteroatoms. The SMILES string of the molecule is CCOC(=O)CC1(CNC(=O)OCCSSCCNC(=O)c2cccnc2)CCCCC1. The molecule has 178 valence electrons. The minimum atomic E-state index is -0.451. The third kappa shape index (κ3) is 10.1. The van der Waals surface area contributed by atoms with Gasteiger partial charge in [0.25, 0.3) is 5.91 Å². The van der Waals surface area contributed by atoms with Gasteiger partial charge in [-0.25, -0.2) is 4.79 Å². The first-order valence-corrected chi connectivity index (χ1v) is 13.5. The summed E-state index contributed by atoms with van der Waals surface area (Å²) in [6, 6.07) is 3.45. The molecule has 0 bridgehead atoms. The largest absolute Gasteiger partial charge is 0.466 e. The van der Waals surface area contributed by atoms with Crippen molar-refractivity contribution >= 4 is 39.6 Å². The first-order valence-electron chi connectivity index (χ1n) is 11.0. The molecule has 1 fully saturated rings. The molecule has 2 rings (SSSR count). The molecule has 2 N–H and O–H groups in total. The molecular weight excluding hydrogens is 450 g/mol. The van der Waals surface area contributed by atoms with Gasteiger partial charge in [-0.05, 0) is 37.3 Å². The second-order valence-electron chi connectivity index (χ2n) is 7.67. The maximum atomic E-state index is 12.1. The number of pyridine rings is 1. The van der Waals surface area contributed by atoms with E-state index in [-0.39, 0.29) is 17.3 Å². The standard InChI is InChI=1S/C22H33N3O5S2/c1-2-29-19(26)15-22(8-4-3-5-9-22)17-25-21(28)30-12-14-32-31-13-11-24-20(27)18-7-6-10-23-16-18/h6-7,10,16H,2-5,8-9,11-15,17H2,1H3,(H,24,27)(H,25,28). The van der Waals surface area contributed by atoms with E-state index < -0.39 is 6.09 Å². The lowest BCUT2D eigenvalue weighted by molar-refractivity contribution is -0.146. The number of carbonyl (C=O) groups is 3. The van der Waals surface area contributed by atoms with Crippen molar-refractivity contribution in [2.75, 3.05) is 37.8 Å². The molecule has 1 saturated carbocycles. The van der Waals surface area contributed by atoms with Gasteiger partial charge < -0.3 is 20.1 Å². The molecule has 0 unspecified atom stereocenters. The van der Waals surface area contributed by atoms with E-state index >= 15 is 0 Å². The van der Waals surface area contributed by atoms with Crippen molar-refractivity contribution < 1.29 is 23.9 Å². The van der Waals surface area contributed by atoms with Crippen molar-refractivity contribution in [3.8, 4) is 0 Å². The van der Waals surface area contributed by atoms with Crippen LogP contribution in [-0.4, -0.2) is 60.8 Å². The van der Waals surface area contributed by atoms with E-state index in [2.05, 4.69) is 15.6 Å². The van der Waals surface area contributed by atoms with Crippen LogP contribution in [0, 0.1) is 5.41 Å². The zero-order chi connectivity index (χ0) is 23.1. The maximum Gasteiger partial charge on any atom is 0.407 e. The Labute approximate surface area is 197 Å². The van der Waals surface area contributed by atoms with Crippen LogP contribution in [0.4, 0.5) is 4.79 Å². The molecular formula is C22H33N3O5S2. The number of ether oxygens (including phenoxy) is 2. The van der Waals surface area contributed by atoms with Crippen LogP contribution >= 0.6 is 21.6 Å². The van der Waals surface area contributed by atoms with E-state index in [0.29, 0.717) is 44.0 Å². The van der Waals surface area contributed by atoms with Gasteiger partial charge in [0.1, 0.15) is 6.61 Å². The minimum Gasteiger partial charge on any atom is -0.466 e. The van der Waals surface area contributed by atoms with E-state index in [4.69, 9.17) is 9.47 Å². The van der Waals surface area contributed by atoms with Crippen molar-refractivity contribution in [2.45, 2.75) is 45.4 Å². The van der Waals surface area contributed by atoms with Gasteiger partial charge in [-0.15, -0.1) is 0 Å². The predicted octanol–water partition coefficient (Wildman–Crippen LogP) is 3.82. The van der Waals surface area contributed by atoms with Gasteiger partial charge in [0, 0.05) is 37.0 Å². The van der Waals surface area contributed by atoms with E-state index in [1.807, 2.05) is 0 Å². The summed E-state index contributed by atoms with van der Waals surface area (Å²) in [5, 5.41) is 5.68. The average Bonchev–Trinajstić information content (AvgIpc) is 2.80. The van der Waals surface area contributed by atoms with Gasteiger partial charge in [-0.3, -0.25) is 14.6 Å². The second-order valence-corrected chi connectivity index (χ2v) is 10.4. The predicted molar refractivity (Wildman–Crippen MR) is 128 cm³/mol. The normalized spacial score (nSPS) is 14.9. The van der Waals surface area contributed by atoms with Crippen LogP contribution in [0.5, 0.6) is 0 Å². The van der Waals surface area contributed by atoms with Gasteiger partial charge in [0.05, 0.1) is 18.6 Å².